The van der Waals surface area contributed by atoms with Crippen LogP contribution >= 0.6 is 0 Å². The SMILES string of the molecule is Cc1nc2n(n1)C[C@@H](NC[C@@H](O)COc1ccc3c(c1)OCO3)CC2. The molecule has 1 aromatic carbocycles. The van der Waals surface area contributed by atoms with Crippen LogP contribution < -0.4 is 19.5 Å². The summed E-state index contributed by atoms with van der Waals surface area (Å²) < 4.78 is 18.2. The number of aliphatic hydroxyl groups excluding tert-OH is 1. The third kappa shape index (κ3) is 3.69. The highest BCUT2D eigenvalue weighted by atomic mass is 16.7. The summed E-state index contributed by atoms with van der Waals surface area (Å²) in [6, 6.07) is 5.68. The van der Waals surface area contributed by atoms with Crippen LogP contribution in [0.4, 0.5) is 0 Å². The molecule has 8 heteroatoms. The maximum Gasteiger partial charge on any atom is 0.231 e. The van der Waals surface area contributed by atoms with Crippen LogP contribution in [-0.4, -0.2) is 52.0 Å². The molecular formula is C17H22N4O4. The van der Waals surface area contributed by atoms with Crippen molar-refractivity contribution in [1.29, 1.82) is 0 Å². The van der Waals surface area contributed by atoms with Gasteiger partial charge in [0.15, 0.2) is 11.5 Å². The van der Waals surface area contributed by atoms with E-state index in [1.807, 2.05) is 23.7 Å². The first-order chi connectivity index (χ1) is 12.2. The van der Waals surface area contributed by atoms with Gasteiger partial charge in [0.05, 0.1) is 6.54 Å². The molecule has 8 nitrogen and oxygen atoms in total. The van der Waals surface area contributed by atoms with Crippen molar-refractivity contribution in [2.45, 2.75) is 38.5 Å². The second-order valence-corrected chi connectivity index (χ2v) is 6.38. The van der Waals surface area contributed by atoms with Crippen molar-refractivity contribution in [2.75, 3.05) is 19.9 Å². The highest BCUT2D eigenvalue weighted by Crippen LogP contribution is 2.35. The first-order valence-corrected chi connectivity index (χ1v) is 8.51. The predicted octanol–water partition coefficient (Wildman–Crippen LogP) is 0.660. The van der Waals surface area contributed by atoms with Gasteiger partial charge in [-0.25, -0.2) is 9.67 Å². The van der Waals surface area contributed by atoms with Gasteiger partial charge in [0.2, 0.25) is 6.79 Å². The molecule has 2 aromatic rings. The Morgan fingerprint density at radius 1 is 1.40 bits per heavy atom. The minimum Gasteiger partial charge on any atom is -0.491 e. The molecule has 0 saturated heterocycles. The summed E-state index contributed by atoms with van der Waals surface area (Å²) in [6.07, 6.45) is 1.31. The van der Waals surface area contributed by atoms with E-state index in [0.717, 1.165) is 36.8 Å². The van der Waals surface area contributed by atoms with Crippen LogP contribution in [0.1, 0.15) is 18.1 Å². The van der Waals surface area contributed by atoms with Crippen molar-refractivity contribution in [3.8, 4) is 17.2 Å². The lowest BCUT2D eigenvalue weighted by molar-refractivity contribution is 0.101. The van der Waals surface area contributed by atoms with E-state index < -0.39 is 6.10 Å². The lowest BCUT2D eigenvalue weighted by Crippen LogP contribution is -2.42. The third-order valence-corrected chi connectivity index (χ3v) is 4.39. The standard InChI is InChI=1S/C17H22N4O4/c1-11-19-17-5-2-12(8-21(17)20-11)18-7-13(22)9-23-14-3-4-15-16(6-14)25-10-24-15/h3-4,6,12-13,18,22H,2,5,7-10H2,1H3/t12-,13+/m0/s1. The van der Waals surface area contributed by atoms with Crippen molar-refractivity contribution in [3.05, 3.63) is 29.8 Å². The molecule has 3 heterocycles. The first-order valence-electron chi connectivity index (χ1n) is 8.51. The number of rotatable bonds is 6. The lowest BCUT2D eigenvalue weighted by Gasteiger charge is -2.24. The Labute approximate surface area is 145 Å². The van der Waals surface area contributed by atoms with E-state index in [1.54, 1.807) is 6.07 Å². The molecule has 0 amide bonds. The Kier molecular flexibility index (Phi) is 4.46. The summed E-state index contributed by atoms with van der Waals surface area (Å²) in [5.41, 5.74) is 0. The third-order valence-electron chi connectivity index (χ3n) is 4.39. The Bertz CT molecular complexity index is 748. The van der Waals surface area contributed by atoms with Gasteiger partial charge in [0, 0.05) is 25.1 Å². The maximum atomic E-state index is 10.2. The van der Waals surface area contributed by atoms with E-state index in [9.17, 15) is 5.11 Å². The molecule has 0 radical (unpaired) electrons. The molecule has 0 aliphatic carbocycles. The fourth-order valence-electron chi connectivity index (χ4n) is 3.12. The van der Waals surface area contributed by atoms with Crippen molar-refractivity contribution >= 4 is 0 Å². The van der Waals surface area contributed by atoms with Gasteiger partial charge >= 0.3 is 0 Å². The van der Waals surface area contributed by atoms with E-state index in [-0.39, 0.29) is 19.4 Å². The molecule has 2 aliphatic rings. The molecule has 0 spiro atoms. The normalized spacial score (nSPS) is 19.5. The van der Waals surface area contributed by atoms with Crippen LogP contribution in [0.15, 0.2) is 18.2 Å². The van der Waals surface area contributed by atoms with Crippen molar-refractivity contribution in [2.24, 2.45) is 0 Å². The number of aryl methyl sites for hydroxylation is 2. The van der Waals surface area contributed by atoms with Crippen LogP contribution in [-0.2, 0) is 13.0 Å². The Balaban J connectivity index is 1.22. The Morgan fingerprint density at radius 2 is 2.28 bits per heavy atom. The fourth-order valence-corrected chi connectivity index (χ4v) is 3.12. The first kappa shape index (κ1) is 16.2. The molecular weight excluding hydrogens is 324 g/mol. The van der Waals surface area contributed by atoms with Crippen LogP contribution in [0, 0.1) is 6.92 Å². The summed E-state index contributed by atoms with van der Waals surface area (Å²) in [7, 11) is 0. The summed E-state index contributed by atoms with van der Waals surface area (Å²) in [5.74, 6) is 3.90. The van der Waals surface area contributed by atoms with E-state index in [4.69, 9.17) is 14.2 Å². The molecule has 4 rings (SSSR count). The molecule has 1 aromatic heterocycles. The molecule has 2 N–H and O–H groups in total. The van der Waals surface area contributed by atoms with Crippen LogP contribution in [0.2, 0.25) is 0 Å². The molecule has 2 aliphatic heterocycles. The second-order valence-electron chi connectivity index (χ2n) is 6.38. The van der Waals surface area contributed by atoms with Gasteiger partial charge in [-0.15, -0.1) is 0 Å². The number of aromatic nitrogens is 3. The van der Waals surface area contributed by atoms with Gasteiger partial charge < -0.3 is 24.6 Å². The number of nitrogens with one attached hydrogen (secondary N) is 1. The summed E-state index contributed by atoms with van der Waals surface area (Å²) >= 11 is 0. The predicted molar refractivity (Wildman–Crippen MR) is 88.9 cm³/mol. The largest absolute Gasteiger partial charge is 0.491 e. The van der Waals surface area contributed by atoms with Gasteiger partial charge in [-0.05, 0) is 25.5 Å². The Hall–Kier alpha value is -2.32. The molecule has 0 fully saturated rings. The van der Waals surface area contributed by atoms with E-state index in [1.165, 1.54) is 0 Å². The van der Waals surface area contributed by atoms with Crippen molar-refractivity contribution in [3.63, 3.8) is 0 Å². The zero-order valence-electron chi connectivity index (χ0n) is 14.1. The number of hydrogen-bond donors (Lipinski definition) is 2. The van der Waals surface area contributed by atoms with E-state index in [2.05, 4.69) is 15.4 Å². The number of hydrogen-bond acceptors (Lipinski definition) is 7. The average Bonchev–Trinajstić information content (AvgIpc) is 3.22. The van der Waals surface area contributed by atoms with E-state index in [0.29, 0.717) is 18.0 Å². The lowest BCUT2D eigenvalue weighted by atomic mass is 10.1. The molecule has 0 bridgehead atoms. The molecule has 134 valence electrons. The van der Waals surface area contributed by atoms with Crippen molar-refractivity contribution in [1.82, 2.24) is 20.1 Å². The number of aliphatic hydroxyl groups is 1. The molecule has 25 heavy (non-hydrogen) atoms. The fraction of sp³-hybridized carbons (Fsp3) is 0.529. The summed E-state index contributed by atoms with van der Waals surface area (Å²) in [5, 5.41) is 17.9. The summed E-state index contributed by atoms with van der Waals surface area (Å²) in [6.45, 7) is 3.61. The average molecular weight is 346 g/mol. The summed E-state index contributed by atoms with van der Waals surface area (Å²) in [4.78, 5) is 4.40. The van der Waals surface area contributed by atoms with Crippen LogP contribution in [0.25, 0.3) is 0 Å². The van der Waals surface area contributed by atoms with Gasteiger partial charge in [0.1, 0.15) is 30.1 Å². The highest BCUT2D eigenvalue weighted by molar-refractivity contribution is 5.46. The number of fused-ring (bicyclic) bond motifs is 2. The minimum absolute atomic E-state index is 0.215. The van der Waals surface area contributed by atoms with Crippen LogP contribution in [0.3, 0.4) is 0 Å². The molecule has 0 saturated carbocycles. The second kappa shape index (κ2) is 6.89. The minimum atomic E-state index is -0.593. The molecule has 0 unspecified atom stereocenters. The van der Waals surface area contributed by atoms with Gasteiger partial charge in [-0.2, -0.15) is 5.10 Å². The number of ether oxygens (including phenoxy) is 3. The van der Waals surface area contributed by atoms with Crippen LogP contribution in [0.5, 0.6) is 17.2 Å². The zero-order valence-corrected chi connectivity index (χ0v) is 14.1. The zero-order chi connectivity index (χ0) is 17.2. The van der Waals surface area contributed by atoms with Gasteiger partial charge in [-0.3, -0.25) is 0 Å². The number of nitrogens with zero attached hydrogens (tertiary/aromatic N) is 3. The topological polar surface area (TPSA) is 90.7 Å². The molecule has 2 atom stereocenters. The maximum absolute atomic E-state index is 10.2. The van der Waals surface area contributed by atoms with Gasteiger partial charge in [0.25, 0.3) is 0 Å². The quantitative estimate of drug-likeness (QED) is 0.794. The number of benzene rings is 1. The van der Waals surface area contributed by atoms with Gasteiger partial charge in [-0.1, -0.05) is 0 Å². The van der Waals surface area contributed by atoms with E-state index >= 15 is 0 Å². The smallest absolute Gasteiger partial charge is 0.231 e. The van der Waals surface area contributed by atoms with Crippen molar-refractivity contribution < 1.29 is 19.3 Å². The Morgan fingerprint density at radius 3 is 3.20 bits per heavy atom. The highest BCUT2D eigenvalue weighted by Gasteiger charge is 2.21. The monoisotopic (exact) mass is 346 g/mol.